The number of rotatable bonds is 6. The SMILES string of the molecule is COc1cccc(-c2noc(CCC(=O)Nc3ccc(Cl)cc3C)n2)c1. The molecular formula is C19H18ClN3O3. The second kappa shape index (κ2) is 8.01. The second-order valence-corrected chi connectivity index (χ2v) is 6.19. The van der Waals surface area contributed by atoms with Crippen molar-refractivity contribution < 1.29 is 14.1 Å². The van der Waals surface area contributed by atoms with Gasteiger partial charge in [-0.15, -0.1) is 0 Å². The van der Waals surface area contributed by atoms with Gasteiger partial charge in [-0.25, -0.2) is 0 Å². The number of carbonyl (C=O) groups excluding carboxylic acids is 1. The monoisotopic (exact) mass is 371 g/mol. The van der Waals surface area contributed by atoms with Crippen LogP contribution in [0.2, 0.25) is 5.02 Å². The Balaban J connectivity index is 1.60. The average molecular weight is 372 g/mol. The van der Waals surface area contributed by atoms with Crippen LogP contribution in [0, 0.1) is 6.92 Å². The first-order valence-electron chi connectivity index (χ1n) is 8.08. The fraction of sp³-hybridized carbons (Fsp3) is 0.211. The van der Waals surface area contributed by atoms with Crippen molar-refractivity contribution in [2.75, 3.05) is 12.4 Å². The largest absolute Gasteiger partial charge is 0.497 e. The molecule has 2 aromatic carbocycles. The van der Waals surface area contributed by atoms with Crippen LogP contribution in [0.15, 0.2) is 47.0 Å². The van der Waals surface area contributed by atoms with Gasteiger partial charge in [0.2, 0.25) is 17.6 Å². The number of nitrogens with zero attached hydrogens (tertiary/aromatic N) is 2. The number of methoxy groups -OCH3 is 1. The summed E-state index contributed by atoms with van der Waals surface area (Å²) in [6.45, 7) is 1.89. The molecule has 1 aromatic heterocycles. The lowest BCUT2D eigenvalue weighted by Crippen LogP contribution is -2.13. The number of carbonyl (C=O) groups is 1. The standard InChI is InChI=1S/C19H18ClN3O3/c1-12-10-14(20)6-7-16(12)21-17(24)8-9-18-22-19(23-26-18)13-4-3-5-15(11-13)25-2/h3-7,10-11H,8-9H2,1-2H3,(H,21,24). The molecule has 6 nitrogen and oxygen atoms in total. The maximum Gasteiger partial charge on any atom is 0.227 e. The van der Waals surface area contributed by atoms with Gasteiger partial charge >= 0.3 is 0 Å². The predicted molar refractivity (Wildman–Crippen MR) is 99.4 cm³/mol. The quantitative estimate of drug-likeness (QED) is 0.699. The van der Waals surface area contributed by atoms with Gasteiger partial charge in [0.15, 0.2) is 0 Å². The van der Waals surface area contributed by atoms with Gasteiger partial charge in [0.25, 0.3) is 0 Å². The van der Waals surface area contributed by atoms with E-state index in [1.54, 1.807) is 25.3 Å². The summed E-state index contributed by atoms with van der Waals surface area (Å²) in [5.41, 5.74) is 2.44. The van der Waals surface area contributed by atoms with Crippen LogP contribution in [-0.4, -0.2) is 23.2 Å². The molecule has 0 atom stereocenters. The molecule has 3 aromatic rings. The Kier molecular flexibility index (Phi) is 5.53. The molecule has 0 saturated carbocycles. The third-order valence-electron chi connectivity index (χ3n) is 3.82. The lowest BCUT2D eigenvalue weighted by atomic mass is 10.2. The summed E-state index contributed by atoms with van der Waals surface area (Å²) in [7, 11) is 1.60. The first-order valence-corrected chi connectivity index (χ1v) is 8.46. The smallest absolute Gasteiger partial charge is 0.227 e. The summed E-state index contributed by atoms with van der Waals surface area (Å²) >= 11 is 5.92. The molecule has 0 unspecified atom stereocenters. The molecule has 0 bridgehead atoms. The van der Waals surface area contributed by atoms with Gasteiger partial charge in [-0.3, -0.25) is 4.79 Å². The van der Waals surface area contributed by atoms with E-state index in [1.807, 2.05) is 31.2 Å². The van der Waals surface area contributed by atoms with E-state index in [1.165, 1.54) is 0 Å². The number of hydrogen-bond donors (Lipinski definition) is 1. The molecular weight excluding hydrogens is 354 g/mol. The fourth-order valence-electron chi connectivity index (χ4n) is 2.44. The van der Waals surface area contributed by atoms with Crippen molar-refractivity contribution in [3.05, 3.63) is 58.9 Å². The van der Waals surface area contributed by atoms with Crippen LogP contribution in [0.25, 0.3) is 11.4 Å². The van der Waals surface area contributed by atoms with Crippen LogP contribution in [0.1, 0.15) is 17.9 Å². The van der Waals surface area contributed by atoms with Crippen LogP contribution < -0.4 is 10.1 Å². The lowest BCUT2D eigenvalue weighted by Gasteiger charge is -2.07. The number of hydrogen-bond acceptors (Lipinski definition) is 5. The molecule has 0 fully saturated rings. The molecule has 0 aliphatic heterocycles. The Morgan fingerprint density at radius 3 is 2.88 bits per heavy atom. The van der Waals surface area contributed by atoms with E-state index in [4.69, 9.17) is 20.9 Å². The highest BCUT2D eigenvalue weighted by atomic mass is 35.5. The van der Waals surface area contributed by atoms with Crippen molar-refractivity contribution >= 4 is 23.2 Å². The van der Waals surface area contributed by atoms with Crippen LogP contribution >= 0.6 is 11.6 Å². The molecule has 1 heterocycles. The first kappa shape index (κ1) is 17.9. The number of anilines is 1. The number of nitrogens with one attached hydrogen (secondary N) is 1. The summed E-state index contributed by atoms with van der Waals surface area (Å²) in [5, 5.41) is 7.45. The maximum atomic E-state index is 12.1. The van der Waals surface area contributed by atoms with E-state index in [-0.39, 0.29) is 12.3 Å². The fourth-order valence-corrected chi connectivity index (χ4v) is 2.66. The van der Waals surface area contributed by atoms with E-state index in [2.05, 4.69) is 15.5 Å². The van der Waals surface area contributed by atoms with Gasteiger partial charge in [0.1, 0.15) is 5.75 Å². The Morgan fingerprint density at radius 2 is 2.12 bits per heavy atom. The van der Waals surface area contributed by atoms with Crippen LogP contribution in [0.3, 0.4) is 0 Å². The van der Waals surface area contributed by atoms with Crippen molar-refractivity contribution in [1.82, 2.24) is 10.1 Å². The molecule has 0 spiro atoms. The van der Waals surface area contributed by atoms with E-state index in [0.29, 0.717) is 28.9 Å². The van der Waals surface area contributed by atoms with E-state index >= 15 is 0 Å². The lowest BCUT2D eigenvalue weighted by molar-refractivity contribution is -0.116. The predicted octanol–water partition coefficient (Wildman–Crippen LogP) is 4.28. The third-order valence-corrected chi connectivity index (χ3v) is 4.06. The third kappa shape index (κ3) is 4.40. The summed E-state index contributed by atoms with van der Waals surface area (Å²) in [5.74, 6) is 1.46. The highest BCUT2D eigenvalue weighted by molar-refractivity contribution is 6.30. The zero-order valence-corrected chi connectivity index (χ0v) is 15.2. The Hall–Kier alpha value is -2.86. The van der Waals surface area contributed by atoms with Gasteiger partial charge < -0.3 is 14.6 Å². The molecule has 0 aliphatic carbocycles. The highest BCUT2D eigenvalue weighted by Gasteiger charge is 2.12. The van der Waals surface area contributed by atoms with E-state index < -0.39 is 0 Å². The van der Waals surface area contributed by atoms with Crippen molar-refractivity contribution in [1.29, 1.82) is 0 Å². The zero-order valence-electron chi connectivity index (χ0n) is 14.5. The Labute approximate surface area is 156 Å². The topological polar surface area (TPSA) is 77.2 Å². The van der Waals surface area contributed by atoms with Gasteiger partial charge in [-0.1, -0.05) is 28.9 Å². The number of halogens is 1. The van der Waals surface area contributed by atoms with Crippen molar-refractivity contribution in [3.8, 4) is 17.1 Å². The van der Waals surface area contributed by atoms with Gasteiger partial charge in [-0.05, 0) is 42.8 Å². The molecule has 0 aliphatic rings. The van der Waals surface area contributed by atoms with Crippen LogP contribution in [0.5, 0.6) is 5.75 Å². The summed E-state index contributed by atoms with van der Waals surface area (Å²) in [6.07, 6.45) is 0.594. The van der Waals surface area contributed by atoms with Crippen LogP contribution in [-0.2, 0) is 11.2 Å². The van der Waals surface area contributed by atoms with Crippen LogP contribution in [0.4, 0.5) is 5.69 Å². The van der Waals surface area contributed by atoms with Crippen molar-refractivity contribution in [2.24, 2.45) is 0 Å². The summed E-state index contributed by atoms with van der Waals surface area (Å²) < 4.78 is 10.4. The highest BCUT2D eigenvalue weighted by Crippen LogP contribution is 2.22. The van der Waals surface area contributed by atoms with Gasteiger partial charge in [0, 0.05) is 29.1 Å². The number of aryl methyl sites for hydroxylation is 2. The normalized spacial score (nSPS) is 10.6. The molecule has 7 heteroatoms. The molecule has 26 heavy (non-hydrogen) atoms. The minimum atomic E-state index is -0.128. The van der Waals surface area contributed by atoms with Gasteiger partial charge in [0.05, 0.1) is 7.11 Å². The van der Waals surface area contributed by atoms with E-state index in [9.17, 15) is 4.79 Å². The number of benzene rings is 2. The minimum absolute atomic E-state index is 0.128. The van der Waals surface area contributed by atoms with Crippen molar-refractivity contribution in [3.63, 3.8) is 0 Å². The number of aromatic nitrogens is 2. The summed E-state index contributed by atoms with van der Waals surface area (Å²) in [6, 6.07) is 12.7. The summed E-state index contributed by atoms with van der Waals surface area (Å²) in [4.78, 5) is 16.5. The number of ether oxygens (including phenoxy) is 1. The molecule has 0 saturated heterocycles. The van der Waals surface area contributed by atoms with Gasteiger partial charge in [-0.2, -0.15) is 4.98 Å². The molecule has 3 rings (SSSR count). The molecule has 0 radical (unpaired) electrons. The molecule has 1 amide bonds. The first-order chi connectivity index (χ1) is 12.5. The second-order valence-electron chi connectivity index (χ2n) is 5.75. The maximum absolute atomic E-state index is 12.1. The minimum Gasteiger partial charge on any atom is -0.497 e. The molecule has 134 valence electrons. The van der Waals surface area contributed by atoms with E-state index in [0.717, 1.165) is 16.8 Å². The van der Waals surface area contributed by atoms with Crippen molar-refractivity contribution in [2.45, 2.75) is 19.8 Å². The zero-order chi connectivity index (χ0) is 18.5. The average Bonchev–Trinajstić information content (AvgIpc) is 3.11. The number of amides is 1. The molecule has 1 N–H and O–H groups in total. The Morgan fingerprint density at radius 1 is 1.27 bits per heavy atom. The Bertz CT molecular complexity index is 924.